The van der Waals surface area contributed by atoms with Gasteiger partial charge < -0.3 is 9.80 Å². The maximum Gasteiger partial charge on any atom is 0.252 e. The molecule has 13 rings (SSSR count). The average molecular weight is 945 g/mol. The lowest BCUT2D eigenvalue weighted by molar-refractivity contribution is 0.568. The van der Waals surface area contributed by atoms with Gasteiger partial charge in [0.15, 0.2) is 0 Å². The van der Waals surface area contributed by atoms with Gasteiger partial charge >= 0.3 is 0 Å². The summed E-state index contributed by atoms with van der Waals surface area (Å²) < 4.78 is 0. The van der Waals surface area contributed by atoms with Crippen LogP contribution in [0, 0.1) is 0 Å². The minimum absolute atomic E-state index is 0.0444. The Hall–Kier alpha value is -7.36. The molecule has 0 atom stereocenters. The molecule has 11 aromatic rings. The van der Waals surface area contributed by atoms with E-state index in [9.17, 15) is 0 Å². The Morgan fingerprint density at radius 3 is 1.00 bits per heavy atom. The highest BCUT2D eigenvalue weighted by molar-refractivity contribution is 7.00. The van der Waals surface area contributed by atoms with E-state index in [1.54, 1.807) is 0 Å². The third-order valence-electron chi connectivity index (χ3n) is 16.4. The SMILES string of the molecule is CC(C)(C)c1cc(N2c3cc4ccccc4cc3B3c4cc5ccccc5cc4N(c4cc(C(C)(C)C)cc(C(C)(C)C)c4)c4cc(-c5cc6ccc7cccc8ccc(c5)c6c78)cc2c43)cc(C(C)(C)C)c1. The topological polar surface area (TPSA) is 6.48 Å². The average Bonchev–Trinajstić information content (AvgIpc) is 3.35. The summed E-state index contributed by atoms with van der Waals surface area (Å²) in [7, 11) is 0. The zero-order valence-corrected chi connectivity index (χ0v) is 44.7. The van der Waals surface area contributed by atoms with Crippen LogP contribution in [0.4, 0.5) is 34.1 Å². The van der Waals surface area contributed by atoms with Crippen LogP contribution in [0.2, 0.25) is 0 Å². The second-order valence-electron chi connectivity index (χ2n) is 25.6. The predicted octanol–water partition coefficient (Wildman–Crippen LogP) is 17.8. The summed E-state index contributed by atoms with van der Waals surface area (Å²) in [5, 5.41) is 12.8. The third kappa shape index (κ3) is 7.28. The van der Waals surface area contributed by atoms with Crippen molar-refractivity contribution >= 4 is 111 Å². The van der Waals surface area contributed by atoms with Crippen LogP contribution in [0.3, 0.4) is 0 Å². The highest BCUT2D eigenvalue weighted by Gasteiger charge is 2.45. The Kier molecular flexibility index (Phi) is 9.71. The van der Waals surface area contributed by atoms with Gasteiger partial charge in [0.25, 0.3) is 6.71 Å². The molecule has 0 aliphatic carbocycles. The summed E-state index contributed by atoms with van der Waals surface area (Å²) in [5.74, 6) is 0. The maximum absolute atomic E-state index is 2.66. The van der Waals surface area contributed by atoms with E-state index in [1.165, 1.54) is 138 Å². The summed E-state index contributed by atoms with van der Waals surface area (Å²) in [5.41, 5.74) is 18.8. The van der Waals surface area contributed by atoms with Crippen LogP contribution in [0.5, 0.6) is 0 Å². The fourth-order valence-corrected chi connectivity index (χ4v) is 12.2. The van der Waals surface area contributed by atoms with Crippen molar-refractivity contribution in [3.63, 3.8) is 0 Å². The molecule has 0 aromatic heterocycles. The highest BCUT2D eigenvalue weighted by atomic mass is 15.2. The maximum atomic E-state index is 2.66. The Bertz CT molecular complexity index is 3770. The first kappa shape index (κ1) is 45.5. The smallest absolute Gasteiger partial charge is 0.252 e. The summed E-state index contributed by atoms with van der Waals surface area (Å²) in [4.78, 5) is 5.32. The van der Waals surface area contributed by atoms with Gasteiger partial charge in [0, 0.05) is 34.1 Å². The van der Waals surface area contributed by atoms with E-state index in [1.807, 2.05) is 0 Å². The summed E-state index contributed by atoms with van der Waals surface area (Å²) >= 11 is 0. The van der Waals surface area contributed by atoms with Crippen molar-refractivity contribution < 1.29 is 0 Å². The largest absolute Gasteiger partial charge is 0.311 e. The molecular formula is C70H65BN2. The second-order valence-corrected chi connectivity index (χ2v) is 25.6. The first-order valence-corrected chi connectivity index (χ1v) is 26.5. The number of hydrogen-bond acceptors (Lipinski definition) is 2. The molecule has 2 nitrogen and oxygen atoms in total. The molecule has 0 amide bonds. The molecule has 3 heteroatoms. The Morgan fingerprint density at radius 2 is 0.616 bits per heavy atom. The lowest BCUT2D eigenvalue weighted by Crippen LogP contribution is -2.61. The second kappa shape index (κ2) is 15.6. The molecule has 0 N–H and O–H groups in total. The number of anilines is 6. The first-order valence-electron chi connectivity index (χ1n) is 26.5. The molecule has 2 aliphatic heterocycles. The molecule has 0 bridgehead atoms. The molecule has 2 aliphatic rings. The van der Waals surface area contributed by atoms with Gasteiger partial charge in [0.05, 0.1) is 0 Å². The van der Waals surface area contributed by atoms with E-state index in [-0.39, 0.29) is 28.4 Å². The summed E-state index contributed by atoms with van der Waals surface area (Å²) in [6.45, 7) is 28.3. The minimum atomic E-state index is -0.0779. The summed E-state index contributed by atoms with van der Waals surface area (Å²) in [6.07, 6.45) is 0. The van der Waals surface area contributed by atoms with Crippen LogP contribution in [0.25, 0.3) is 65.0 Å². The van der Waals surface area contributed by atoms with Crippen molar-refractivity contribution in [1.82, 2.24) is 0 Å². The molecule has 0 fully saturated rings. The van der Waals surface area contributed by atoms with Crippen LogP contribution < -0.4 is 26.2 Å². The van der Waals surface area contributed by atoms with E-state index in [0.717, 1.165) is 0 Å². The van der Waals surface area contributed by atoms with E-state index in [2.05, 4.69) is 269 Å². The quantitative estimate of drug-likeness (QED) is 0.129. The van der Waals surface area contributed by atoms with E-state index in [0.29, 0.717) is 0 Å². The molecule has 0 radical (unpaired) electrons. The molecule has 0 saturated carbocycles. The van der Waals surface area contributed by atoms with Crippen LogP contribution in [0.15, 0.2) is 176 Å². The Morgan fingerprint density at radius 1 is 0.288 bits per heavy atom. The first-order chi connectivity index (χ1) is 34.7. The minimum Gasteiger partial charge on any atom is -0.311 e. The van der Waals surface area contributed by atoms with Crippen LogP contribution in [0.1, 0.15) is 105 Å². The van der Waals surface area contributed by atoms with Crippen molar-refractivity contribution in [3.8, 4) is 11.1 Å². The molecule has 11 aromatic carbocycles. The van der Waals surface area contributed by atoms with Crippen molar-refractivity contribution in [2.24, 2.45) is 0 Å². The molecule has 0 spiro atoms. The number of benzene rings is 11. The van der Waals surface area contributed by atoms with E-state index >= 15 is 0 Å². The Labute approximate surface area is 432 Å². The van der Waals surface area contributed by atoms with Crippen molar-refractivity contribution in [2.45, 2.75) is 105 Å². The normalized spacial score (nSPS) is 13.9. The van der Waals surface area contributed by atoms with E-state index < -0.39 is 0 Å². The van der Waals surface area contributed by atoms with Gasteiger partial charge in [-0.05, 0) is 186 Å². The fourth-order valence-electron chi connectivity index (χ4n) is 12.2. The van der Waals surface area contributed by atoms with Crippen LogP contribution in [-0.2, 0) is 21.7 Å². The van der Waals surface area contributed by atoms with Gasteiger partial charge in [0.1, 0.15) is 0 Å². The Balaban J connectivity index is 1.21. The highest BCUT2D eigenvalue weighted by Crippen LogP contribution is 2.50. The summed E-state index contributed by atoms with van der Waals surface area (Å²) in [6, 6.07) is 68.9. The van der Waals surface area contributed by atoms with Gasteiger partial charge in [-0.2, -0.15) is 0 Å². The van der Waals surface area contributed by atoms with Gasteiger partial charge in [-0.3, -0.25) is 0 Å². The zero-order valence-electron chi connectivity index (χ0n) is 44.7. The van der Waals surface area contributed by atoms with Crippen LogP contribution in [-0.4, -0.2) is 6.71 Å². The lowest BCUT2D eigenvalue weighted by atomic mass is 9.33. The molecule has 0 saturated heterocycles. The van der Waals surface area contributed by atoms with Crippen molar-refractivity contribution in [1.29, 1.82) is 0 Å². The van der Waals surface area contributed by atoms with Gasteiger partial charge in [-0.1, -0.05) is 198 Å². The molecule has 73 heavy (non-hydrogen) atoms. The third-order valence-corrected chi connectivity index (χ3v) is 16.4. The number of nitrogens with zero attached hydrogens (tertiary/aromatic N) is 2. The molecule has 2 heterocycles. The molecule has 0 unspecified atom stereocenters. The van der Waals surface area contributed by atoms with E-state index in [4.69, 9.17) is 0 Å². The lowest BCUT2D eigenvalue weighted by Gasteiger charge is -2.45. The predicted molar refractivity (Wildman–Crippen MR) is 319 cm³/mol. The standard InChI is InChI=1S/C70H65BN2/c1-67(2,3)52-36-53(68(4,5)6)39-56(38-52)72-60-32-46-20-15-13-18-44(46)30-58(60)71-59-31-45-19-14-16-21-47(45)33-61(59)73(57-40-54(69(7,8)9)37-55(41-57)70(10,11)12)63-35-51(34-62(72)66(63)71)50-28-48-26-24-42-22-17-23-43-25-27-49(29-50)65(48)64(42)43/h13-41H,1-12H3. The van der Waals surface area contributed by atoms with Crippen LogP contribution >= 0.6 is 0 Å². The monoisotopic (exact) mass is 945 g/mol. The molecular weight excluding hydrogens is 880 g/mol. The van der Waals surface area contributed by atoms with Crippen molar-refractivity contribution in [3.05, 3.63) is 198 Å². The number of fused-ring (bicyclic) bond motifs is 6. The fraction of sp³-hybridized carbons (Fsp3) is 0.229. The van der Waals surface area contributed by atoms with Crippen molar-refractivity contribution in [2.75, 3.05) is 9.80 Å². The zero-order chi connectivity index (χ0) is 50.7. The van der Waals surface area contributed by atoms with Gasteiger partial charge in [-0.15, -0.1) is 0 Å². The number of hydrogen-bond donors (Lipinski definition) is 0. The number of rotatable bonds is 3. The van der Waals surface area contributed by atoms with Gasteiger partial charge in [0.2, 0.25) is 0 Å². The molecule has 358 valence electrons. The van der Waals surface area contributed by atoms with Gasteiger partial charge in [-0.25, -0.2) is 0 Å².